The molecule has 0 bridgehead atoms. The Morgan fingerprint density at radius 2 is 2.50 bits per heavy atom. The number of hydrogen-bond donors (Lipinski definition) is 0. The molecule has 1 unspecified atom stereocenters. The van der Waals surface area contributed by atoms with Gasteiger partial charge in [-0.3, -0.25) is 4.79 Å². The van der Waals surface area contributed by atoms with Crippen LogP contribution < -0.4 is 0 Å². The summed E-state index contributed by atoms with van der Waals surface area (Å²) in [4.78, 5) is 12.1. The highest BCUT2D eigenvalue weighted by molar-refractivity contribution is 9.10. The minimum atomic E-state index is -0.277. The van der Waals surface area contributed by atoms with Gasteiger partial charge in [0.05, 0.1) is 15.5 Å². The van der Waals surface area contributed by atoms with Crippen molar-refractivity contribution in [2.45, 2.75) is 24.5 Å². The lowest BCUT2D eigenvalue weighted by Crippen LogP contribution is -2.28. The van der Waals surface area contributed by atoms with Crippen molar-refractivity contribution in [2.75, 3.05) is 5.75 Å². The maximum absolute atomic E-state index is 12.1. The summed E-state index contributed by atoms with van der Waals surface area (Å²) in [7, 11) is 0. The number of Topliss-reactive ketones (excluding diaryl/α,β-unsaturated/α-hetero) is 1. The highest BCUT2D eigenvalue weighted by Gasteiger charge is 2.39. The Labute approximate surface area is 95.6 Å². The third kappa shape index (κ3) is 1.65. The number of furan rings is 1. The van der Waals surface area contributed by atoms with Crippen molar-refractivity contribution in [2.24, 2.45) is 0 Å². The second-order valence-corrected chi connectivity index (χ2v) is 6.06. The summed E-state index contributed by atoms with van der Waals surface area (Å²) in [5, 5.41) is 0. The van der Waals surface area contributed by atoms with E-state index in [9.17, 15) is 4.79 Å². The topological polar surface area (TPSA) is 30.2 Å². The van der Waals surface area contributed by atoms with E-state index in [1.807, 2.05) is 6.92 Å². The maximum Gasteiger partial charge on any atom is 0.214 e. The zero-order chi connectivity index (χ0) is 10.2. The molecule has 2 rings (SSSR count). The van der Waals surface area contributed by atoms with Gasteiger partial charge in [-0.25, -0.2) is 0 Å². The molecule has 0 aliphatic carbocycles. The van der Waals surface area contributed by atoms with Crippen LogP contribution in [0.1, 0.15) is 30.3 Å². The van der Waals surface area contributed by atoms with Crippen molar-refractivity contribution < 1.29 is 9.21 Å². The summed E-state index contributed by atoms with van der Waals surface area (Å²) < 4.78 is 5.68. The number of halogens is 1. The molecule has 0 spiro atoms. The minimum Gasteiger partial charge on any atom is -0.460 e. The van der Waals surface area contributed by atoms with Crippen molar-refractivity contribution in [1.29, 1.82) is 0 Å². The summed E-state index contributed by atoms with van der Waals surface area (Å²) in [6.45, 7) is 2.00. The Hall–Kier alpha value is -0.220. The molecular formula is C10H11BrO2S. The Morgan fingerprint density at radius 3 is 3.00 bits per heavy atom. The van der Waals surface area contributed by atoms with E-state index in [4.69, 9.17) is 4.42 Å². The van der Waals surface area contributed by atoms with Crippen molar-refractivity contribution in [1.82, 2.24) is 0 Å². The van der Waals surface area contributed by atoms with Gasteiger partial charge in [-0.05, 0) is 47.5 Å². The zero-order valence-corrected chi connectivity index (χ0v) is 10.3. The normalized spacial score (nSPS) is 26.7. The average molecular weight is 275 g/mol. The molecule has 1 aliphatic heterocycles. The van der Waals surface area contributed by atoms with E-state index in [2.05, 4.69) is 15.9 Å². The summed E-state index contributed by atoms with van der Waals surface area (Å²) in [6, 6.07) is 1.76. The fraction of sp³-hybridized carbons (Fsp3) is 0.500. The largest absolute Gasteiger partial charge is 0.460 e. The first-order chi connectivity index (χ1) is 6.63. The SMILES string of the molecule is CC1(C(=O)c2occc2Br)CCCS1. The van der Waals surface area contributed by atoms with Gasteiger partial charge in [0.25, 0.3) is 0 Å². The van der Waals surface area contributed by atoms with Gasteiger partial charge in [0, 0.05) is 0 Å². The molecule has 1 aromatic heterocycles. The summed E-state index contributed by atoms with van der Waals surface area (Å²) in [5.74, 6) is 1.64. The number of carbonyl (C=O) groups excluding carboxylic acids is 1. The predicted molar refractivity (Wildman–Crippen MR) is 60.8 cm³/mol. The molecule has 4 heteroatoms. The lowest BCUT2D eigenvalue weighted by molar-refractivity contribution is 0.0920. The second-order valence-electron chi connectivity index (χ2n) is 3.61. The first-order valence-corrected chi connectivity index (χ1v) is 6.33. The van der Waals surface area contributed by atoms with E-state index in [1.165, 1.54) is 0 Å². The summed E-state index contributed by atoms with van der Waals surface area (Å²) in [6.07, 6.45) is 3.61. The molecule has 0 saturated carbocycles. The van der Waals surface area contributed by atoms with Crippen LogP contribution in [0.15, 0.2) is 21.2 Å². The molecule has 1 saturated heterocycles. The van der Waals surface area contributed by atoms with Crippen LogP contribution in [0.3, 0.4) is 0 Å². The van der Waals surface area contributed by atoms with E-state index in [0.717, 1.165) is 23.1 Å². The summed E-state index contributed by atoms with van der Waals surface area (Å²) >= 11 is 5.04. The Balaban J connectivity index is 2.28. The van der Waals surface area contributed by atoms with Gasteiger partial charge in [0.1, 0.15) is 0 Å². The second kappa shape index (κ2) is 3.74. The first kappa shape index (κ1) is 10.3. The molecule has 0 N–H and O–H groups in total. The predicted octanol–water partition coefficient (Wildman–Crippen LogP) is 3.51. The fourth-order valence-corrected chi connectivity index (χ4v) is 3.29. The maximum atomic E-state index is 12.1. The molecule has 0 amide bonds. The van der Waals surface area contributed by atoms with Gasteiger partial charge in [0.2, 0.25) is 5.78 Å². The van der Waals surface area contributed by atoms with Crippen LogP contribution in [-0.4, -0.2) is 16.3 Å². The van der Waals surface area contributed by atoms with Crippen LogP contribution in [0.5, 0.6) is 0 Å². The van der Waals surface area contributed by atoms with Crippen LogP contribution in [0.4, 0.5) is 0 Å². The third-order valence-corrected chi connectivity index (χ3v) is 4.67. The molecule has 76 valence electrons. The number of hydrogen-bond acceptors (Lipinski definition) is 3. The lowest BCUT2D eigenvalue weighted by atomic mass is 9.99. The van der Waals surface area contributed by atoms with Crippen molar-refractivity contribution in [3.63, 3.8) is 0 Å². The Kier molecular flexibility index (Phi) is 2.75. The number of thioether (sulfide) groups is 1. The van der Waals surface area contributed by atoms with Crippen LogP contribution in [-0.2, 0) is 0 Å². The smallest absolute Gasteiger partial charge is 0.214 e. The molecule has 2 heterocycles. The van der Waals surface area contributed by atoms with E-state index in [0.29, 0.717) is 5.76 Å². The fourth-order valence-electron chi connectivity index (χ4n) is 1.65. The van der Waals surface area contributed by atoms with Crippen LogP contribution in [0.25, 0.3) is 0 Å². The molecule has 0 aromatic carbocycles. The molecule has 1 fully saturated rings. The van der Waals surface area contributed by atoms with Gasteiger partial charge in [-0.1, -0.05) is 0 Å². The number of ketones is 1. The third-order valence-electron chi connectivity index (χ3n) is 2.52. The van der Waals surface area contributed by atoms with E-state index < -0.39 is 0 Å². The molecule has 14 heavy (non-hydrogen) atoms. The monoisotopic (exact) mass is 274 g/mol. The van der Waals surface area contributed by atoms with Gasteiger partial charge >= 0.3 is 0 Å². The molecule has 1 aliphatic rings. The number of carbonyl (C=O) groups is 1. The Morgan fingerprint density at radius 1 is 1.71 bits per heavy atom. The van der Waals surface area contributed by atoms with Crippen LogP contribution in [0.2, 0.25) is 0 Å². The van der Waals surface area contributed by atoms with Crippen molar-refractivity contribution >= 4 is 33.5 Å². The molecule has 1 aromatic rings. The van der Waals surface area contributed by atoms with Crippen LogP contribution >= 0.6 is 27.7 Å². The lowest BCUT2D eigenvalue weighted by Gasteiger charge is -2.19. The van der Waals surface area contributed by atoms with Gasteiger partial charge in [-0.2, -0.15) is 0 Å². The van der Waals surface area contributed by atoms with E-state index in [1.54, 1.807) is 24.1 Å². The van der Waals surface area contributed by atoms with E-state index >= 15 is 0 Å². The Bertz CT molecular complexity index is 353. The standard InChI is InChI=1S/C10H11BrO2S/c1-10(4-2-6-14-10)9(12)8-7(11)3-5-13-8/h3,5H,2,4,6H2,1H3. The quantitative estimate of drug-likeness (QED) is 0.774. The molecule has 2 nitrogen and oxygen atoms in total. The minimum absolute atomic E-state index is 0.108. The van der Waals surface area contributed by atoms with E-state index in [-0.39, 0.29) is 10.5 Å². The molecule has 0 radical (unpaired) electrons. The van der Waals surface area contributed by atoms with Crippen molar-refractivity contribution in [3.05, 3.63) is 22.6 Å². The molecule has 1 atom stereocenters. The number of rotatable bonds is 2. The zero-order valence-electron chi connectivity index (χ0n) is 7.88. The van der Waals surface area contributed by atoms with Gasteiger partial charge < -0.3 is 4.42 Å². The van der Waals surface area contributed by atoms with Gasteiger partial charge in [0.15, 0.2) is 5.76 Å². The van der Waals surface area contributed by atoms with Crippen molar-refractivity contribution in [3.8, 4) is 0 Å². The van der Waals surface area contributed by atoms with Crippen LogP contribution in [0, 0.1) is 0 Å². The highest BCUT2D eigenvalue weighted by atomic mass is 79.9. The van der Waals surface area contributed by atoms with Gasteiger partial charge in [-0.15, -0.1) is 11.8 Å². The average Bonchev–Trinajstić information content (AvgIpc) is 2.74. The summed E-state index contributed by atoms with van der Waals surface area (Å²) in [5.41, 5.74) is 0. The first-order valence-electron chi connectivity index (χ1n) is 4.55. The molecular weight excluding hydrogens is 264 g/mol. The highest BCUT2D eigenvalue weighted by Crippen LogP contribution is 2.41.